The SMILES string of the molecule is CCOCCOCC1(COCCOCC)CC=C(c2nn(C3CCCCO3)cc2CN(C)CCOC(=O)NC)CC1. The Hall–Kier alpha value is -2.02. The van der Waals surface area contributed by atoms with Crippen molar-refractivity contribution >= 4 is 11.7 Å². The Bertz CT molecular complexity index is 903. The van der Waals surface area contributed by atoms with Crippen molar-refractivity contribution in [3.63, 3.8) is 0 Å². The number of amides is 1. The van der Waals surface area contributed by atoms with E-state index in [1.54, 1.807) is 7.05 Å². The molecule has 41 heavy (non-hydrogen) atoms. The van der Waals surface area contributed by atoms with Gasteiger partial charge in [0.15, 0.2) is 0 Å². The van der Waals surface area contributed by atoms with Gasteiger partial charge in [0, 0.05) is 57.1 Å². The van der Waals surface area contributed by atoms with E-state index in [0.717, 1.165) is 56.4 Å². The zero-order chi connectivity index (χ0) is 29.3. The summed E-state index contributed by atoms with van der Waals surface area (Å²) in [5, 5.41) is 7.56. The summed E-state index contributed by atoms with van der Waals surface area (Å²) in [6, 6.07) is 0. The van der Waals surface area contributed by atoms with Gasteiger partial charge in [-0.05, 0) is 65.0 Å². The lowest BCUT2D eigenvalue weighted by Crippen LogP contribution is -2.35. The maximum absolute atomic E-state index is 11.5. The molecule has 1 aromatic heterocycles. The summed E-state index contributed by atoms with van der Waals surface area (Å²) in [6.45, 7) is 11.4. The number of hydrogen-bond acceptors (Lipinski definition) is 9. The van der Waals surface area contributed by atoms with E-state index in [-0.39, 0.29) is 11.6 Å². The molecule has 1 aromatic rings. The van der Waals surface area contributed by atoms with Crippen LogP contribution in [0.5, 0.6) is 0 Å². The van der Waals surface area contributed by atoms with Crippen molar-refractivity contribution in [1.29, 1.82) is 0 Å². The molecule has 0 aromatic carbocycles. The highest BCUT2D eigenvalue weighted by atomic mass is 16.5. The van der Waals surface area contributed by atoms with E-state index >= 15 is 0 Å². The predicted molar refractivity (Wildman–Crippen MR) is 157 cm³/mol. The molecule has 0 spiro atoms. The number of ether oxygens (including phenoxy) is 6. The number of carbonyl (C=O) groups is 1. The summed E-state index contributed by atoms with van der Waals surface area (Å²) in [7, 11) is 3.59. The van der Waals surface area contributed by atoms with Gasteiger partial charge in [-0.15, -0.1) is 0 Å². The van der Waals surface area contributed by atoms with Crippen LogP contribution in [0.25, 0.3) is 5.57 Å². The Morgan fingerprint density at radius 3 is 2.39 bits per heavy atom. The van der Waals surface area contributed by atoms with Crippen LogP contribution in [0.4, 0.5) is 4.79 Å². The Labute approximate surface area is 245 Å². The van der Waals surface area contributed by atoms with E-state index in [9.17, 15) is 4.79 Å². The third-order valence-electron chi connectivity index (χ3n) is 7.59. The molecular formula is C30H52N4O7. The molecule has 1 saturated heterocycles. The normalized spacial score (nSPS) is 18.9. The van der Waals surface area contributed by atoms with Crippen LogP contribution < -0.4 is 5.32 Å². The molecule has 0 radical (unpaired) electrons. The number of rotatable bonds is 19. The fourth-order valence-corrected chi connectivity index (χ4v) is 5.20. The number of hydrogen-bond donors (Lipinski definition) is 1. The van der Waals surface area contributed by atoms with Crippen LogP contribution in [0.3, 0.4) is 0 Å². The largest absolute Gasteiger partial charge is 0.448 e. The second kappa shape index (κ2) is 18.5. The number of allylic oxidation sites excluding steroid dienone is 2. The Morgan fingerprint density at radius 1 is 1.10 bits per heavy atom. The highest BCUT2D eigenvalue weighted by molar-refractivity contribution is 5.67. The van der Waals surface area contributed by atoms with Gasteiger partial charge >= 0.3 is 6.09 Å². The first-order valence-corrected chi connectivity index (χ1v) is 15.2. The highest BCUT2D eigenvalue weighted by Crippen LogP contribution is 2.40. The average molecular weight is 581 g/mol. The van der Waals surface area contributed by atoms with Crippen molar-refractivity contribution < 1.29 is 33.2 Å². The van der Waals surface area contributed by atoms with Crippen LogP contribution in [0.2, 0.25) is 0 Å². The van der Waals surface area contributed by atoms with Gasteiger partial charge in [0.25, 0.3) is 0 Å². The van der Waals surface area contributed by atoms with Gasteiger partial charge in [-0.1, -0.05) is 6.08 Å². The molecule has 234 valence electrons. The molecule has 2 aliphatic rings. The van der Waals surface area contributed by atoms with Crippen LogP contribution >= 0.6 is 0 Å². The summed E-state index contributed by atoms with van der Waals surface area (Å²) >= 11 is 0. The first-order valence-electron chi connectivity index (χ1n) is 15.2. The van der Waals surface area contributed by atoms with E-state index in [4.69, 9.17) is 33.5 Å². The number of nitrogens with zero attached hydrogens (tertiary/aromatic N) is 3. The van der Waals surface area contributed by atoms with Crippen LogP contribution in [-0.2, 0) is 35.0 Å². The summed E-state index contributed by atoms with van der Waals surface area (Å²) in [5.74, 6) is 0. The molecule has 2 heterocycles. The maximum atomic E-state index is 11.5. The first-order chi connectivity index (χ1) is 20.0. The highest BCUT2D eigenvalue weighted by Gasteiger charge is 2.34. The zero-order valence-electron chi connectivity index (χ0n) is 25.7. The fraction of sp³-hybridized carbons (Fsp3) is 0.800. The van der Waals surface area contributed by atoms with E-state index < -0.39 is 6.09 Å². The van der Waals surface area contributed by atoms with Gasteiger partial charge in [0.1, 0.15) is 12.8 Å². The lowest BCUT2D eigenvalue weighted by atomic mass is 9.75. The van der Waals surface area contributed by atoms with E-state index in [0.29, 0.717) is 72.6 Å². The fourth-order valence-electron chi connectivity index (χ4n) is 5.20. The summed E-state index contributed by atoms with van der Waals surface area (Å²) in [6.07, 6.45) is 9.92. The number of aromatic nitrogens is 2. The predicted octanol–water partition coefficient (Wildman–Crippen LogP) is 4.03. The van der Waals surface area contributed by atoms with Gasteiger partial charge in [0.2, 0.25) is 0 Å². The molecular weight excluding hydrogens is 528 g/mol. The monoisotopic (exact) mass is 580 g/mol. The molecule has 3 rings (SSSR count). The quantitative estimate of drug-likeness (QED) is 0.243. The van der Waals surface area contributed by atoms with Crippen molar-refractivity contribution in [2.24, 2.45) is 5.41 Å². The number of alkyl carbamates (subject to hydrolysis) is 1. The third kappa shape index (κ3) is 11.3. The van der Waals surface area contributed by atoms with Crippen LogP contribution in [-0.4, -0.2) is 107 Å². The minimum atomic E-state index is -0.416. The Balaban J connectivity index is 1.72. The minimum absolute atomic E-state index is 0.0288. The van der Waals surface area contributed by atoms with E-state index in [2.05, 4.69) is 22.5 Å². The molecule has 1 amide bonds. The Morgan fingerprint density at radius 2 is 1.80 bits per heavy atom. The maximum Gasteiger partial charge on any atom is 0.406 e. The van der Waals surface area contributed by atoms with Crippen LogP contribution in [0.1, 0.15) is 69.9 Å². The summed E-state index contributed by atoms with van der Waals surface area (Å²) in [5.41, 5.74) is 3.34. The number of carbonyl (C=O) groups excluding carboxylic acids is 1. The molecule has 1 unspecified atom stereocenters. The third-order valence-corrected chi connectivity index (χ3v) is 7.59. The van der Waals surface area contributed by atoms with Gasteiger partial charge in [0.05, 0.1) is 45.3 Å². The van der Waals surface area contributed by atoms with Crippen molar-refractivity contribution in [3.05, 3.63) is 23.5 Å². The molecule has 0 saturated carbocycles. The lowest BCUT2D eigenvalue weighted by molar-refractivity contribution is -0.0490. The molecule has 11 nitrogen and oxygen atoms in total. The first kappa shape index (κ1) is 33.5. The lowest BCUT2D eigenvalue weighted by Gasteiger charge is -2.36. The summed E-state index contributed by atoms with van der Waals surface area (Å²) < 4.78 is 36.3. The molecule has 1 N–H and O–H groups in total. The topological polar surface area (TPSA) is 106 Å². The standard InChI is InChI=1S/C30H52N4O7/c1-5-36-17-19-38-23-30(24-39-20-18-37-6-2)12-10-25(11-13-30)28-26(21-33(4)14-16-41-29(35)31-3)22-34(32-28)27-9-7-8-15-40-27/h10,22,27H,5-9,11-21,23-24H2,1-4H3,(H,31,35). The number of likely N-dealkylation sites (N-methyl/N-ethyl adjacent to an activating group) is 1. The Kier molecular flexibility index (Phi) is 15.1. The molecule has 11 heteroatoms. The summed E-state index contributed by atoms with van der Waals surface area (Å²) in [4.78, 5) is 13.6. The average Bonchev–Trinajstić information content (AvgIpc) is 3.41. The second-order valence-electron chi connectivity index (χ2n) is 10.9. The van der Waals surface area contributed by atoms with E-state index in [1.807, 2.05) is 25.6 Å². The van der Waals surface area contributed by atoms with Crippen LogP contribution in [0.15, 0.2) is 12.3 Å². The smallest absolute Gasteiger partial charge is 0.406 e. The molecule has 1 aliphatic heterocycles. The van der Waals surface area contributed by atoms with Gasteiger partial charge in [-0.25, -0.2) is 9.48 Å². The molecule has 0 bridgehead atoms. The number of nitrogens with one attached hydrogen (secondary N) is 1. The van der Waals surface area contributed by atoms with Gasteiger partial charge < -0.3 is 33.7 Å². The molecule has 1 fully saturated rings. The second-order valence-corrected chi connectivity index (χ2v) is 10.9. The molecule has 1 atom stereocenters. The van der Waals surface area contributed by atoms with E-state index in [1.165, 1.54) is 5.57 Å². The van der Waals surface area contributed by atoms with Gasteiger partial charge in [-0.3, -0.25) is 4.90 Å². The zero-order valence-corrected chi connectivity index (χ0v) is 25.7. The van der Waals surface area contributed by atoms with Crippen LogP contribution in [0, 0.1) is 5.41 Å². The minimum Gasteiger partial charge on any atom is -0.448 e. The van der Waals surface area contributed by atoms with Crippen molar-refractivity contribution in [1.82, 2.24) is 20.0 Å². The van der Waals surface area contributed by atoms with Crippen molar-refractivity contribution in [2.75, 3.05) is 86.7 Å². The van der Waals surface area contributed by atoms with Gasteiger partial charge in [-0.2, -0.15) is 5.10 Å². The molecule has 1 aliphatic carbocycles. The van der Waals surface area contributed by atoms with Crippen molar-refractivity contribution in [3.8, 4) is 0 Å². The van der Waals surface area contributed by atoms with Crippen molar-refractivity contribution in [2.45, 2.75) is 65.1 Å².